The van der Waals surface area contributed by atoms with Crippen LogP contribution in [0.15, 0.2) is 175 Å². The van der Waals surface area contributed by atoms with Crippen LogP contribution < -0.4 is 4.90 Å². The fourth-order valence-electron chi connectivity index (χ4n) is 7.66. The zero-order chi connectivity index (χ0) is 36.6. The molecule has 6 aromatic carbocycles. The van der Waals surface area contributed by atoms with E-state index in [0.29, 0.717) is 24.0 Å². The van der Waals surface area contributed by atoms with Crippen LogP contribution in [0.4, 0.5) is 17.1 Å². The summed E-state index contributed by atoms with van der Waals surface area (Å²) in [4.78, 5) is 21.7. The number of fused-ring (bicyclic) bond motifs is 7. The summed E-state index contributed by atoms with van der Waals surface area (Å²) < 4.78 is 2.40. The number of benzene rings is 6. The van der Waals surface area contributed by atoms with E-state index in [2.05, 4.69) is 125 Å². The van der Waals surface area contributed by atoms with Crippen LogP contribution in [-0.4, -0.2) is 26.2 Å². The lowest BCUT2D eigenvalue weighted by Gasteiger charge is -2.34. The molecule has 0 aliphatic carbocycles. The number of aromatic nitrogens is 4. The van der Waals surface area contributed by atoms with Gasteiger partial charge in [-0.1, -0.05) is 134 Å². The van der Waals surface area contributed by atoms with Gasteiger partial charge in [0.05, 0.1) is 22.4 Å². The van der Waals surface area contributed by atoms with E-state index in [1.54, 1.807) is 6.08 Å². The molecule has 0 atom stereocenters. The molecule has 0 unspecified atom stereocenters. The van der Waals surface area contributed by atoms with Crippen molar-refractivity contribution in [1.82, 2.24) is 19.5 Å². The number of para-hydroxylation sites is 4. The highest BCUT2D eigenvalue weighted by atomic mass is 15.2. The molecule has 0 amide bonds. The van der Waals surface area contributed by atoms with Crippen LogP contribution in [-0.2, 0) is 6.54 Å². The number of hydrogen-bond acceptors (Lipinski definition) is 5. The molecule has 9 rings (SSSR count). The molecule has 54 heavy (non-hydrogen) atoms. The second-order valence-corrected chi connectivity index (χ2v) is 13.2. The highest BCUT2D eigenvalue weighted by molar-refractivity contribution is 6.16. The summed E-state index contributed by atoms with van der Waals surface area (Å²) in [6, 6.07) is 48.7. The Labute approximate surface area is 314 Å². The van der Waals surface area contributed by atoms with E-state index >= 15 is 0 Å². The second kappa shape index (κ2) is 13.7. The molecule has 8 aromatic rings. The third kappa shape index (κ3) is 5.52. The minimum absolute atomic E-state index is 0.586. The smallest absolute Gasteiger partial charge is 0.164 e. The Balaban J connectivity index is 1.27. The summed E-state index contributed by atoms with van der Waals surface area (Å²) >= 11 is 0. The van der Waals surface area contributed by atoms with Crippen molar-refractivity contribution >= 4 is 51.2 Å². The summed E-state index contributed by atoms with van der Waals surface area (Å²) in [5.41, 5.74) is 12.6. The van der Waals surface area contributed by atoms with Gasteiger partial charge < -0.3 is 9.47 Å². The summed E-state index contributed by atoms with van der Waals surface area (Å²) in [5, 5.41) is 2.40. The molecule has 0 saturated heterocycles. The first kappa shape index (κ1) is 32.7. The van der Waals surface area contributed by atoms with Gasteiger partial charge in [-0.15, -0.1) is 0 Å². The molecule has 0 radical (unpaired) electrons. The average Bonchev–Trinajstić information content (AvgIpc) is 3.58. The van der Waals surface area contributed by atoms with Crippen molar-refractivity contribution in [2.24, 2.45) is 4.99 Å². The number of aliphatic imine (C=N–C) groups is 1. The predicted molar refractivity (Wildman–Crippen MR) is 225 cm³/mol. The lowest BCUT2D eigenvalue weighted by atomic mass is 9.90. The first-order valence-electron chi connectivity index (χ1n) is 18.0. The van der Waals surface area contributed by atoms with E-state index in [0.717, 1.165) is 45.0 Å². The molecular weight excluding hydrogens is 661 g/mol. The van der Waals surface area contributed by atoms with Gasteiger partial charge in [-0.3, -0.25) is 4.99 Å². The standard InChI is InChI=1S/C48H36N6/c1-4-16-32(17-5-2)46-50-47(33-18-7-6-8-19-33)52-48(51-46)34-20-15-21-36(30-34)54-42-26-13-9-22-37(42)38-29-28-35-31-53(43-27-14-11-24-40(43)49-3)41-25-12-10-23-39(41)44(35)45(38)54/h4-30H,1,3,31H2,2H3/b17-5-,32-16+. The van der Waals surface area contributed by atoms with Gasteiger partial charge in [0.25, 0.3) is 0 Å². The Kier molecular flexibility index (Phi) is 8.33. The molecule has 1 aliphatic rings. The molecule has 0 bridgehead atoms. The Morgan fingerprint density at radius 3 is 2.24 bits per heavy atom. The Morgan fingerprint density at radius 1 is 0.704 bits per heavy atom. The third-order valence-electron chi connectivity index (χ3n) is 9.99. The minimum Gasteiger partial charge on any atom is -0.335 e. The summed E-state index contributed by atoms with van der Waals surface area (Å²) in [5.74, 6) is 1.79. The molecule has 2 aromatic heterocycles. The van der Waals surface area contributed by atoms with Gasteiger partial charge in [-0.2, -0.15) is 0 Å². The molecule has 6 heteroatoms. The molecule has 3 heterocycles. The molecule has 0 N–H and O–H groups in total. The van der Waals surface area contributed by atoms with Gasteiger partial charge in [0.2, 0.25) is 0 Å². The highest BCUT2D eigenvalue weighted by Crippen LogP contribution is 2.49. The fraction of sp³-hybridized carbons (Fsp3) is 0.0417. The van der Waals surface area contributed by atoms with E-state index < -0.39 is 0 Å². The minimum atomic E-state index is 0.586. The van der Waals surface area contributed by atoms with Crippen molar-refractivity contribution in [3.05, 3.63) is 182 Å². The topological polar surface area (TPSA) is 59.2 Å². The van der Waals surface area contributed by atoms with Crippen LogP contribution in [0.3, 0.4) is 0 Å². The molecule has 0 saturated carbocycles. The molecule has 6 nitrogen and oxygen atoms in total. The molecule has 258 valence electrons. The molecule has 0 spiro atoms. The number of hydrogen-bond donors (Lipinski definition) is 0. The van der Waals surface area contributed by atoms with Crippen molar-refractivity contribution in [3.63, 3.8) is 0 Å². The van der Waals surface area contributed by atoms with Gasteiger partial charge >= 0.3 is 0 Å². The largest absolute Gasteiger partial charge is 0.335 e. The average molecular weight is 697 g/mol. The SMILES string of the molecule is C=C/C=C(\C=C/C)c1nc(-c2ccccc2)nc(-c2cccc(-n3c4ccccc4c4ccc5c(c43)-c3ccccc3N(c3ccccc3N=C)C5)c2)n1. The van der Waals surface area contributed by atoms with Crippen LogP contribution in [0.5, 0.6) is 0 Å². The first-order valence-corrected chi connectivity index (χ1v) is 18.0. The lowest BCUT2D eigenvalue weighted by molar-refractivity contribution is 0.961. The molecule has 0 fully saturated rings. The van der Waals surface area contributed by atoms with Crippen LogP contribution in [0, 0.1) is 0 Å². The van der Waals surface area contributed by atoms with E-state index in [1.807, 2.05) is 67.6 Å². The quantitative estimate of drug-likeness (QED) is 0.117. The number of allylic oxidation sites excluding steroid dienone is 5. The van der Waals surface area contributed by atoms with E-state index in [-0.39, 0.29) is 0 Å². The van der Waals surface area contributed by atoms with E-state index in [9.17, 15) is 0 Å². The van der Waals surface area contributed by atoms with E-state index in [1.165, 1.54) is 33.0 Å². The van der Waals surface area contributed by atoms with Crippen LogP contribution in [0.25, 0.3) is 67.0 Å². The predicted octanol–water partition coefficient (Wildman–Crippen LogP) is 12.1. The van der Waals surface area contributed by atoms with Crippen molar-refractivity contribution in [3.8, 4) is 39.6 Å². The van der Waals surface area contributed by atoms with Gasteiger partial charge in [-0.05, 0) is 55.6 Å². The fourth-order valence-corrected chi connectivity index (χ4v) is 7.66. The number of anilines is 2. The van der Waals surface area contributed by atoms with Crippen LogP contribution >= 0.6 is 0 Å². The van der Waals surface area contributed by atoms with Crippen molar-refractivity contribution in [2.75, 3.05) is 4.90 Å². The highest BCUT2D eigenvalue weighted by Gasteiger charge is 2.28. The number of rotatable bonds is 8. The summed E-state index contributed by atoms with van der Waals surface area (Å²) in [6.45, 7) is 10.5. The normalized spacial score (nSPS) is 12.6. The lowest BCUT2D eigenvalue weighted by Crippen LogP contribution is -2.22. The second-order valence-electron chi connectivity index (χ2n) is 13.2. The van der Waals surface area contributed by atoms with Gasteiger partial charge in [0.15, 0.2) is 17.5 Å². The van der Waals surface area contributed by atoms with Gasteiger partial charge in [0, 0.05) is 56.5 Å². The van der Waals surface area contributed by atoms with Crippen molar-refractivity contribution < 1.29 is 0 Å². The maximum atomic E-state index is 5.05. The van der Waals surface area contributed by atoms with Crippen LogP contribution in [0.2, 0.25) is 0 Å². The molecule has 1 aliphatic heterocycles. The number of nitrogens with zero attached hydrogens (tertiary/aromatic N) is 6. The van der Waals surface area contributed by atoms with Gasteiger partial charge in [-0.25, -0.2) is 15.0 Å². The van der Waals surface area contributed by atoms with E-state index in [4.69, 9.17) is 15.0 Å². The van der Waals surface area contributed by atoms with Crippen molar-refractivity contribution in [1.29, 1.82) is 0 Å². The maximum Gasteiger partial charge on any atom is 0.164 e. The zero-order valence-electron chi connectivity index (χ0n) is 29.9. The van der Waals surface area contributed by atoms with Crippen molar-refractivity contribution in [2.45, 2.75) is 13.5 Å². The summed E-state index contributed by atoms with van der Waals surface area (Å²) in [6.07, 6.45) is 7.67. The summed E-state index contributed by atoms with van der Waals surface area (Å²) in [7, 11) is 0. The van der Waals surface area contributed by atoms with Gasteiger partial charge in [0.1, 0.15) is 0 Å². The first-order chi connectivity index (χ1) is 26.7. The monoisotopic (exact) mass is 696 g/mol. The Hall–Kier alpha value is -7.18. The Morgan fingerprint density at radius 2 is 1.43 bits per heavy atom. The molecular formula is C48H36N6. The third-order valence-corrected chi connectivity index (χ3v) is 9.99. The maximum absolute atomic E-state index is 5.05. The van der Waals surface area contributed by atoms with Crippen LogP contribution in [0.1, 0.15) is 18.3 Å². The zero-order valence-corrected chi connectivity index (χ0v) is 29.9. The Bertz CT molecular complexity index is 2810.